The number of nitrogens with one attached hydrogen (secondary N) is 1. The van der Waals surface area contributed by atoms with Crippen molar-refractivity contribution >= 4 is 22.4 Å². The van der Waals surface area contributed by atoms with Crippen molar-refractivity contribution in [2.45, 2.75) is 26.3 Å². The molecule has 0 radical (unpaired) electrons. The Morgan fingerprint density at radius 1 is 1.22 bits per heavy atom. The second-order valence-electron chi connectivity index (χ2n) is 7.87. The third-order valence-corrected chi connectivity index (χ3v) is 6.29. The summed E-state index contributed by atoms with van der Waals surface area (Å²) < 4.78 is 1.72. The lowest BCUT2D eigenvalue weighted by Crippen LogP contribution is -2.32. The van der Waals surface area contributed by atoms with Crippen LogP contribution in [0.15, 0.2) is 67.4 Å². The molecule has 7 nitrogen and oxygen atoms in total. The first kappa shape index (κ1) is 21.9. The first-order valence-corrected chi connectivity index (χ1v) is 11.2. The molecule has 0 aliphatic heterocycles. The molecule has 2 heterocycles. The molecule has 4 aromatic rings. The predicted octanol–water partition coefficient (Wildman–Crippen LogP) is 4.25. The zero-order valence-corrected chi connectivity index (χ0v) is 19.2. The minimum atomic E-state index is -0.0740. The molecular formula is C24H26N6OS. The Balaban J connectivity index is 1.31. The normalized spacial score (nSPS) is 12.1. The van der Waals surface area contributed by atoms with Crippen molar-refractivity contribution in [2.24, 2.45) is 0 Å². The highest BCUT2D eigenvalue weighted by molar-refractivity contribution is 7.15. The Bertz CT molecular complexity index is 1170. The highest BCUT2D eigenvalue weighted by atomic mass is 32.1. The van der Waals surface area contributed by atoms with E-state index >= 15 is 0 Å². The van der Waals surface area contributed by atoms with Crippen molar-refractivity contribution < 1.29 is 4.79 Å². The molecule has 164 valence electrons. The van der Waals surface area contributed by atoms with Crippen LogP contribution in [0.4, 0.5) is 5.13 Å². The Morgan fingerprint density at radius 3 is 2.75 bits per heavy atom. The van der Waals surface area contributed by atoms with E-state index < -0.39 is 0 Å². The fourth-order valence-corrected chi connectivity index (χ4v) is 4.36. The minimum Gasteiger partial charge on any atom is -0.301 e. The zero-order valence-electron chi connectivity index (χ0n) is 18.4. The lowest BCUT2D eigenvalue weighted by atomic mass is 10.1. The van der Waals surface area contributed by atoms with Gasteiger partial charge in [-0.3, -0.25) is 9.69 Å². The molecule has 1 N–H and O–H groups in total. The zero-order chi connectivity index (χ0) is 22.5. The molecule has 1 atom stereocenters. The minimum absolute atomic E-state index is 0.0740. The monoisotopic (exact) mass is 446 g/mol. The van der Waals surface area contributed by atoms with E-state index in [0.717, 1.165) is 22.5 Å². The Kier molecular flexibility index (Phi) is 6.72. The summed E-state index contributed by atoms with van der Waals surface area (Å²) in [7, 11) is 1.95. The third kappa shape index (κ3) is 5.46. The largest absolute Gasteiger partial charge is 0.301 e. The van der Waals surface area contributed by atoms with Crippen LogP contribution in [0.25, 0.3) is 5.69 Å². The number of benzene rings is 2. The lowest BCUT2D eigenvalue weighted by molar-refractivity contribution is -0.117. The van der Waals surface area contributed by atoms with Crippen LogP contribution in [0, 0.1) is 6.92 Å². The van der Waals surface area contributed by atoms with Crippen molar-refractivity contribution in [1.82, 2.24) is 24.6 Å². The van der Waals surface area contributed by atoms with Gasteiger partial charge in [0.15, 0.2) is 5.13 Å². The highest BCUT2D eigenvalue weighted by Crippen LogP contribution is 2.23. The van der Waals surface area contributed by atoms with Gasteiger partial charge in [0.1, 0.15) is 12.7 Å². The predicted molar refractivity (Wildman–Crippen MR) is 127 cm³/mol. The Hall–Kier alpha value is -3.36. The molecule has 0 aliphatic carbocycles. The third-order valence-electron chi connectivity index (χ3n) is 5.37. The maximum atomic E-state index is 12.6. The van der Waals surface area contributed by atoms with Crippen LogP contribution < -0.4 is 5.32 Å². The number of anilines is 1. The van der Waals surface area contributed by atoms with Gasteiger partial charge in [-0.05, 0) is 44.2 Å². The Labute approximate surface area is 191 Å². The van der Waals surface area contributed by atoms with Crippen molar-refractivity contribution in [3.05, 3.63) is 88.9 Å². The average Bonchev–Trinajstić information content (AvgIpc) is 3.46. The molecule has 4 rings (SSSR count). The van der Waals surface area contributed by atoms with Gasteiger partial charge in [-0.2, -0.15) is 5.10 Å². The molecule has 32 heavy (non-hydrogen) atoms. The van der Waals surface area contributed by atoms with E-state index in [1.807, 2.05) is 30.3 Å². The van der Waals surface area contributed by atoms with Crippen LogP contribution in [0.1, 0.15) is 34.5 Å². The first-order valence-electron chi connectivity index (χ1n) is 10.4. The smallest absolute Gasteiger partial charge is 0.240 e. The van der Waals surface area contributed by atoms with Gasteiger partial charge < -0.3 is 5.32 Å². The topological polar surface area (TPSA) is 75.9 Å². The molecule has 0 bridgehead atoms. The van der Waals surface area contributed by atoms with E-state index in [9.17, 15) is 4.79 Å². The molecular weight excluding hydrogens is 420 g/mol. The first-order chi connectivity index (χ1) is 15.5. The van der Waals surface area contributed by atoms with Gasteiger partial charge in [0, 0.05) is 23.5 Å². The number of thiazole rings is 1. The van der Waals surface area contributed by atoms with Gasteiger partial charge in [0.05, 0.1) is 12.2 Å². The van der Waals surface area contributed by atoms with Gasteiger partial charge in [0.2, 0.25) is 5.91 Å². The number of carbonyl (C=O) groups excluding carboxylic acids is 1. The molecule has 0 fully saturated rings. The van der Waals surface area contributed by atoms with Crippen LogP contribution in [0.3, 0.4) is 0 Å². The van der Waals surface area contributed by atoms with Crippen LogP contribution in [-0.2, 0) is 11.2 Å². The standard InChI is InChI=1S/C24H26N6OS/c1-17-5-4-6-19(11-17)12-22-13-26-24(32-22)28-23(31)14-29(3)18(2)20-7-9-21(10-8-20)30-16-25-15-27-30/h4-11,13,15-16,18H,12,14H2,1-3H3,(H,26,28,31). The molecule has 1 unspecified atom stereocenters. The maximum absolute atomic E-state index is 12.6. The second kappa shape index (κ2) is 9.84. The van der Waals surface area contributed by atoms with E-state index in [2.05, 4.69) is 70.6 Å². The number of hydrogen-bond donors (Lipinski definition) is 1. The average molecular weight is 447 g/mol. The van der Waals surface area contributed by atoms with Gasteiger partial charge in [-0.15, -0.1) is 11.3 Å². The molecule has 2 aromatic heterocycles. The summed E-state index contributed by atoms with van der Waals surface area (Å²) in [6, 6.07) is 16.6. The van der Waals surface area contributed by atoms with E-state index in [-0.39, 0.29) is 18.5 Å². The lowest BCUT2D eigenvalue weighted by Gasteiger charge is -2.24. The molecule has 2 aromatic carbocycles. The van der Waals surface area contributed by atoms with E-state index in [1.54, 1.807) is 11.0 Å². The van der Waals surface area contributed by atoms with Gasteiger partial charge in [-0.25, -0.2) is 14.6 Å². The summed E-state index contributed by atoms with van der Waals surface area (Å²) in [5, 5.41) is 7.71. The summed E-state index contributed by atoms with van der Waals surface area (Å²) in [4.78, 5) is 24.1. The van der Waals surface area contributed by atoms with E-state index in [0.29, 0.717) is 5.13 Å². The molecule has 1 amide bonds. The summed E-state index contributed by atoms with van der Waals surface area (Å²) in [6.45, 7) is 4.45. The number of amides is 1. The van der Waals surface area contributed by atoms with Gasteiger partial charge in [-0.1, -0.05) is 42.0 Å². The maximum Gasteiger partial charge on any atom is 0.240 e. The van der Waals surface area contributed by atoms with Crippen molar-refractivity contribution in [1.29, 1.82) is 0 Å². The van der Waals surface area contributed by atoms with Crippen molar-refractivity contribution in [2.75, 3.05) is 18.9 Å². The van der Waals surface area contributed by atoms with Gasteiger partial charge in [0.25, 0.3) is 0 Å². The molecule has 0 saturated heterocycles. The second-order valence-corrected chi connectivity index (χ2v) is 8.98. The van der Waals surface area contributed by atoms with Gasteiger partial charge >= 0.3 is 0 Å². The quantitative estimate of drug-likeness (QED) is 0.438. The molecule has 0 saturated carbocycles. The van der Waals surface area contributed by atoms with E-state index in [4.69, 9.17) is 0 Å². The highest BCUT2D eigenvalue weighted by Gasteiger charge is 2.16. The molecule has 8 heteroatoms. The number of likely N-dealkylation sites (N-methyl/N-ethyl adjacent to an activating group) is 1. The number of carbonyl (C=O) groups is 1. The van der Waals surface area contributed by atoms with Crippen LogP contribution in [-0.4, -0.2) is 44.1 Å². The van der Waals surface area contributed by atoms with Crippen LogP contribution in [0.5, 0.6) is 0 Å². The van der Waals surface area contributed by atoms with Crippen molar-refractivity contribution in [3.8, 4) is 5.69 Å². The molecule has 0 spiro atoms. The fourth-order valence-electron chi connectivity index (χ4n) is 3.49. The number of hydrogen-bond acceptors (Lipinski definition) is 6. The molecule has 0 aliphatic rings. The number of aromatic nitrogens is 4. The summed E-state index contributed by atoms with van der Waals surface area (Å²) in [6.07, 6.45) is 5.83. The number of rotatable bonds is 8. The SMILES string of the molecule is Cc1cccc(Cc2cnc(NC(=O)CN(C)C(C)c3ccc(-n4cncn4)cc3)s2)c1. The fraction of sp³-hybridized carbons (Fsp3) is 0.250. The summed E-state index contributed by atoms with van der Waals surface area (Å²) >= 11 is 1.52. The summed E-state index contributed by atoms with van der Waals surface area (Å²) in [5.41, 5.74) is 4.56. The van der Waals surface area contributed by atoms with Crippen LogP contribution in [0.2, 0.25) is 0 Å². The number of nitrogens with zero attached hydrogens (tertiary/aromatic N) is 5. The summed E-state index contributed by atoms with van der Waals surface area (Å²) in [5.74, 6) is -0.0740. The van der Waals surface area contributed by atoms with Crippen LogP contribution >= 0.6 is 11.3 Å². The Morgan fingerprint density at radius 2 is 2.03 bits per heavy atom. The number of aryl methyl sites for hydroxylation is 1. The van der Waals surface area contributed by atoms with E-state index in [1.165, 1.54) is 28.8 Å². The van der Waals surface area contributed by atoms with Crippen molar-refractivity contribution in [3.63, 3.8) is 0 Å².